The monoisotopic (exact) mass is 446 g/mol. The number of carbonyl (C=O) groups is 1. The van der Waals surface area contributed by atoms with Gasteiger partial charge in [-0.05, 0) is 36.4 Å². The second-order valence-electron chi connectivity index (χ2n) is 7.43. The van der Waals surface area contributed by atoms with Crippen molar-refractivity contribution >= 4 is 28.7 Å². The van der Waals surface area contributed by atoms with E-state index in [9.17, 15) is 14.4 Å². The summed E-state index contributed by atoms with van der Waals surface area (Å²) in [5, 5.41) is 0.0784. The van der Waals surface area contributed by atoms with Crippen molar-refractivity contribution < 1.29 is 9.53 Å². The lowest BCUT2D eigenvalue weighted by Crippen LogP contribution is -2.40. The fourth-order valence-corrected chi connectivity index (χ4v) is 3.58. The first-order valence-electron chi connectivity index (χ1n) is 10.6. The molecule has 0 aliphatic carbocycles. The standard InChI is InChI=1S/C22H27ClN4O4/c1-2-3-8-13-26-19-18(24-21(23)25-19)20(29)27(22(26)30)14-9-7-12-17(28)31-15-16-10-5-4-6-11-16/h4-6,10-11H,2-3,7-9,12-15H2,1H3,(H,24,25). The third-order valence-corrected chi connectivity index (χ3v) is 5.25. The molecule has 3 rings (SSSR count). The van der Waals surface area contributed by atoms with Gasteiger partial charge in [0.25, 0.3) is 5.56 Å². The number of aromatic amines is 1. The molecule has 2 heterocycles. The number of H-pyrrole nitrogens is 1. The van der Waals surface area contributed by atoms with E-state index < -0.39 is 11.2 Å². The molecule has 0 saturated heterocycles. The highest BCUT2D eigenvalue weighted by Crippen LogP contribution is 2.11. The van der Waals surface area contributed by atoms with E-state index in [-0.39, 0.29) is 42.0 Å². The zero-order valence-corrected chi connectivity index (χ0v) is 18.4. The van der Waals surface area contributed by atoms with Crippen molar-refractivity contribution in [3.05, 3.63) is 62.0 Å². The van der Waals surface area contributed by atoms with Gasteiger partial charge in [0.2, 0.25) is 5.28 Å². The van der Waals surface area contributed by atoms with Crippen molar-refractivity contribution in [1.82, 2.24) is 19.1 Å². The van der Waals surface area contributed by atoms with E-state index in [2.05, 4.69) is 16.9 Å². The number of hydrogen-bond acceptors (Lipinski definition) is 5. The third kappa shape index (κ3) is 5.85. The molecule has 31 heavy (non-hydrogen) atoms. The summed E-state index contributed by atoms with van der Waals surface area (Å²) in [6.45, 7) is 2.99. The van der Waals surface area contributed by atoms with Crippen molar-refractivity contribution in [3.8, 4) is 0 Å². The molecule has 0 aliphatic rings. The normalized spacial score (nSPS) is 11.2. The van der Waals surface area contributed by atoms with E-state index in [1.807, 2.05) is 30.3 Å². The molecular formula is C22H27ClN4O4. The molecule has 0 bridgehead atoms. The Balaban J connectivity index is 1.62. The first-order valence-corrected chi connectivity index (χ1v) is 11.0. The number of benzene rings is 1. The molecule has 0 saturated carbocycles. The van der Waals surface area contributed by atoms with E-state index in [0.29, 0.717) is 19.4 Å². The highest BCUT2D eigenvalue weighted by molar-refractivity contribution is 6.28. The number of aryl methyl sites for hydroxylation is 1. The second kappa shape index (κ2) is 10.9. The molecule has 0 spiro atoms. The number of nitrogens with one attached hydrogen (secondary N) is 1. The number of aromatic nitrogens is 4. The van der Waals surface area contributed by atoms with Gasteiger partial charge in [-0.15, -0.1) is 0 Å². The molecular weight excluding hydrogens is 420 g/mol. The maximum atomic E-state index is 12.9. The van der Waals surface area contributed by atoms with Crippen molar-refractivity contribution in [3.63, 3.8) is 0 Å². The average Bonchev–Trinajstić information content (AvgIpc) is 3.16. The minimum atomic E-state index is -0.446. The molecule has 1 aromatic carbocycles. The molecule has 0 amide bonds. The van der Waals surface area contributed by atoms with Crippen molar-refractivity contribution in [1.29, 1.82) is 0 Å². The van der Waals surface area contributed by atoms with Crippen LogP contribution in [0, 0.1) is 0 Å². The van der Waals surface area contributed by atoms with E-state index in [0.717, 1.165) is 24.8 Å². The second-order valence-corrected chi connectivity index (χ2v) is 7.79. The van der Waals surface area contributed by atoms with Gasteiger partial charge in [0.1, 0.15) is 6.61 Å². The number of rotatable bonds is 11. The SMILES string of the molecule is CCCCCn1c(=O)n(CCCCC(=O)OCc2ccccc2)c(=O)c2[nH]c(Cl)nc21. The lowest BCUT2D eigenvalue weighted by Gasteiger charge is -2.11. The first kappa shape index (κ1) is 22.8. The highest BCUT2D eigenvalue weighted by Gasteiger charge is 2.16. The van der Waals surface area contributed by atoms with Gasteiger partial charge in [0.05, 0.1) is 0 Å². The van der Waals surface area contributed by atoms with Gasteiger partial charge in [0, 0.05) is 19.5 Å². The summed E-state index contributed by atoms with van der Waals surface area (Å²) in [5.41, 5.74) is 0.596. The van der Waals surface area contributed by atoms with Crippen molar-refractivity contribution in [2.75, 3.05) is 0 Å². The van der Waals surface area contributed by atoms with Crippen LogP contribution in [0.5, 0.6) is 0 Å². The van der Waals surface area contributed by atoms with Crippen LogP contribution in [-0.2, 0) is 29.2 Å². The summed E-state index contributed by atoms with van der Waals surface area (Å²) in [4.78, 5) is 44.5. The maximum absolute atomic E-state index is 12.9. The van der Waals surface area contributed by atoms with Crippen LogP contribution >= 0.6 is 11.6 Å². The Bertz CT molecular complexity index is 1130. The fraction of sp³-hybridized carbons (Fsp3) is 0.455. The number of ether oxygens (including phenoxy) is 1. The summed E-state index contributed by atoms with van der Waals surface area (Å²) in [6.07, 6.45) is 4.02. The van der Waals surface area contributed by atoms with Crippen LogP contribution in [0.1, 0.15) is 51.0 Å². The Kier molecular flexibility index (Phi) is 8.06. The molecule has 9 heteroatoms. The molecule has 1 N–H and O–H groups in total. The average molecular weight is 447 g/mol. The van der Waals surface area contributed by atoms with Crippen LogP contribution in [-0.4, -0.2) is 25.1 Å². The van der Waals surface area contributed by atoms with Crippen LogP contribution in [0.2, 0.25) is 5.28 Å². The van der Waals surface area contributed by atoms with Crippen LogP contribution in [0.15, 0.2) is 39.9 Å². The molecule has 0 atom stereocenters. The molecule has 3 aromatic rings. The van der Waals surface area contributed by atoms with Gasteiger partial charge in [-0.25, -0.2) is 4.79 Å². The Morgan fingerprint density at radius 3 is 2.52 bits per heavy atom. The maximum Gasteiger partial charge on any atom is 0.332 e. The molecule has 0 fully saturated rings. The number of halogens is 1. The minimum Gasteiger partial charge on any atom is -0.461 e. The fourth-order valence-electron chi connectivity index (χ4n) is 3.41. The van der Waals surface area contributed by atoms with Gasteiger partial charge in [0.15, 0.2) is 11.2 Å². The molecule has 8 nitrogen and oxygen atoms in total. The molecule has 2 aromatic heterocycles. The van der Waals surface area contributed by atoms with Gasteiger partial charge >= 0.3 is 11.7 Å². The quantitative estimate of drug-likeness (QED) is 0.275. The molecule has 166 valence electrons. The largest absolute Gasteiger partial charge is 0.461 e. The smallest absolute Gasteiger partial charge is 0.332 e. The number of hydrogen-bond donors (Lipinski definition) is 1. The van der Waals surface area contributed by atoms with Crippen molar-refractivity contribution in [2.45, 2.75) is 65.1 Å². The Morgan fingerprint density at radius 1 is 1.06 bits per heavy atom. The predicted octanol–water partition coefficient (Wildman–Crippen LogP) is 3.64. The Morgan fingerprint density at radius 2 is 1.77 bits per heavy atom. The van der Waals surface area contributed by atoms with Gasteiger partial charge in [-0.3, -0.25) is 18.7 Å². The minimum absolute atomic E-state index is 0.0784. The topological polar surface area (TPSA) is 99.0 Å². The zero-order valence-electron chi connectivity index (χ0n) is 17.6. The lowest BCUT2D eigenvalue weighted by molar-refractivity contribution is -0.145. The van der Waals surface area contributed by atoms with Gasteiger partial charge < -0.3 is 9.72 Å². The van der Waals surface area contributed by atoms with Crippen LogP contribution in [0.4, 0.5) is 0 Å². The van der Waals surface area contributed by atoms with Crippen LogP contribution in [0.3, 0.4) is 0 Å². The predicted molar refractivity (Wildman–Crippen MR) is 119 cm³/mol. The Hall–Kier alpha value is -2.87. The summed E-state index contributed by atoms with van der Waals surface area (Å²) >= 11 is 5.95. The number of fused-ring (bicyclic) bond motifs is 1. The number of unbranched alkanes of at least 4 members (excludes halogenated alkanes) is 3. The highest BCUT2D eigenvalue weighted by atomic mass is 35.5. The number of nitrogens with zero attached hydrogens (tertiary/aromatic N) is 3. The first-order chi connectivity index (χ1) is 15.0. The van der Waals surface area contributed by atoms with Crippen LogP contribution in [0.25, 0.3) is 11.2 Å². The molecule has 0 unspecified atom stereocenters. The van der Waals surface area contributed by atoms with E-state index in [1.165, 1.54) is 9.13 Å². The number of carbonyl (C=O) groups excluding carboxylic acids is 1. The van der Waals surface area contributed by atoms with E-state index >= 15 is 0 Å². The summed E-state index contributed by atoms with van der Waals surface area (Å²) in [5.74, 6) is -0.302. The van der Waals surface area contributed by atoms with Crippen molar-refractivity contribution in [2.24, 2.45) is 0 Å². The summed E-state index contributed by atoms with van der Waals surface area (Å²) < 4.78 is 7.96. The number of esters is 1. The van der Waals surface area contributed by atoms with E-state index in [1.54, 1.807) is 0 Å². The molecule has 0 radical (unpaired) electrons. The van der Waals surface area contributed by atoms with Gasteiger partial charge in [-0.2, -0.15) is 4.98 Å². The van der Waals surface area contributed by atoms with Crippen LogP contribution < -0.4 is 11.2 Å². The van der Waals surface area contributed by atoms with E-state index in [4.69, 9.17) is 16.3 Å². The van der Waals surface area contributed by atoms with Gasteiger partial charge in [-0.1, -0.05) is 50.1 Å². The molecule has 0 aliphatic heterocycles. The zero-order chi connectivity index (χ0) is 22.2. The Labute approximate surface area is 184 Å². The summed E-state index contributed by atoms with van der Waals surface area (Å²) in [7, 11) is 0. The third-order valence-electron chi connectivity index (χ3n) is 5.07. The lowest BCUT2D eigenvalue weighted by atomic mass is 10.2. The number of imidazole rings is 1. The summed E-state index contributed by atoms with van der Waals surface area (Å²) in [6, 6.07) is 9.46.